The lowest BCUT2D eigenvalue weighted by Gasteiger charge is -2.06. The molecule has 0 aliphatic rings. The number of aryl methyl sites for hydroxylation is 1. The van der Waals surface area contributed by atoms with Crippen LogP contribution in [0, 0.1) is 0 Å². The minimum Gasteiger partial charge on any atom is -0.494 e. The summed E-state index contributed by atoms with van der Waals surface area (Å²) in [6.45, 7) is 2.59. The van der Waals surface area contributed by atoms with Gasteiger partial charge in [-0.2, -0.15) is 0 Å². The summed E-state index contributed by atoms with van der Waals surface area (Å²) in [5, 5.41) is 0. The number of rotatable bonds is 4. The molecule has 2 aromatic rings. The Balaban J connectivity index is 2.39. The molecule has 2 rings (SSSR count). The second-order valence-electron chi connectivity index (χ2n) is 3.66. The molecule has 0 atom stereocenters. The Labute approximate surface area is 99.9 Å². The van der Waals surface area contributed by atoms with Crippen LogP contribution in [-0.2, 0) is 7.05 Å². The number of hydrogen-bond donors (Lipinski definition) is 0. The third-order valence-electron chi connectivity index (χ3n) is 2.52. The van der Waals surface area contributed by atoms with Crippen molar-refractivity contribution >= 4 is 6.29 Å². The van der Waals surface area contributed by atoms with Gasteiger partial charge >= 0.3 is 0 Å². The van der Waals surface area contributed by atoms with Crippen LogP contribution in [0.3, 0.4) is 0 Å². The van der Waals surface area contributed by atoms with Gasteiger partial charge in [-0.15, -0.1) is 0 Å². The van der Waals surface area contributed by atoms with Gasteiger partial charge in [0.15, 0.2) is 6.29 Å². The first-order valence-corrected chi connectivity index (χ1v) is 5.46. The van der Waals surface area contributed by atoms with Gasteiger partial charge in [0, 0.05) is 12.6 Å². The van der Waals surface area contributed by atoms with E-state index in [1.807, 2.05) is 42.8 Å². The first kappa shape index (κ1) is 11.4. The Hall–Kier alpha value is -2.10. The zero-order valence-corrected chi connectivity index (χ0v) is 9.88. The van der Waals surface area contributed by atoms with E-state index in [0.29, 0.717) is 12.3 Å². The molecule has 0 unspecified atom stereocenters. The first-order chi connectivity index (χ1) is 8.26. The summed E-state index contributed by atoms with van der Waals surface area (Å²) in [5.41, 5.74) is 2.23. The van der Waals surface area contributed by atoms with Crippen molar-refractivity contribution in [1.29, 1.82) is 0 Å². The molecule has 0 saturated heterocycles. The molecule has 88 valence electrons. The molecule has 4 heteroatoms. The lowest BCUT2D eigenvalue weighted by Crippen LogP contribution is -1.94. The molecule has 0 bridgehead atoms. The average molecular weight is 230 g/mol. The summed E-state index contributed by atoms with van der Waals surface area (Å²) in [4.78, 5) is 14.9. The fourth-order valence-corrected chi connectivity index (χ4v) is 1.76. The van der Waals surface area contributed by atoms with Crippen molar-refractivity contribution in [2.45, 2.75) is 6.92 Å². The smallest absolute Gasteiger partial charge is 0.170 e. The van der Waals surface area contributed by atoms with Crippen LogP contribution in [0.15, 0.2) is 30.6 Å². The number of carbonyl (C=O) groups excluding carboxylic acids is 1. The van der Waals surface area contributed by atoms with Crippen molar-refractivity contribution in [2.75, 3.05) is 6.61 Å². The molecule has 1 aromatic heterocycles. The van der Waals surface area contributed by atoms with Crippen molar-refractivity contribution in [3.8, 4) is 17.0 Å². The maximum absolute atomic E-state index is 10.9. The topological polar surface area (TPSA) is 44.1 Å². The van der Waals surface area contributed by atoms with Crippen molar-refractivity contribution in [3.05, 3.63) is 36.3 Å². The number of imidazole rings is 1. The van der Waals surface area contributed by atoms with Crippen LogP contribution >= 0.6 is 0 Å². The number of ether oxygens (including phenoxy) is 1. The quantitative estimate of drug-likeness (QED) is 0.757. The van der Waals surface area contributed by atoms with Crippen LogP contribution in [0.25, 0.3) is 11.3 Å². The minimum atomic E-state index is 0.455. The van der Waals surface area contributed by atoms with Gasteiger partial charge in [0.1, 0.15) is 11.4 Å². The maximum atomic E-state index is 10.9. The van der Waals surface area contributed by atoms with Gasteiger partial charge in [-0.3, -0.25) is 4.79 Å². The highest BCUT2D eigenvalue weighted by Crippen LogP contribution is 2.24. The Bertz CT molecular complexity index is 515. The van der Waals surface area contributed by atoms with Gasteiger partial charge in [-0.1, -0.05) is 0 Å². The van der Waals surface area contributed by atoms with Crippen molar-refractivity contribution in [3.63, 3.8) is 0 Å². The zero-order chi connectivity index (χ0) is 12.3. The van der Waals surface area contributed by atoms with Crippen LogP contribution < -0.4 is 4.74 Å². The normalized spacial score (nSPS) is 10.2. The molecule has 17 heavy (non-hydrogen) atoms. The lowest BCUT2D eigenvalue weighted by atomic mass is 10.1. The van der Waals surface area contributed by atoms with Crippen molar-refractivity contribution < 1.29 is 9.53 Å². The summed E-state index contributed by atoms with van der Waals surface area (Å²) in [6, 6.07) is 7.63. The molecule has 0 aliphatic heterocycles. The van der Waals surface area contributed by atoms with Crippen LogP contribution in [0.2, 0.25) is 0 Å². The summed E-state index contributed by atoms with van der Waals surface area (Å²) >= 11 is 0. The average Bonchev–Trinajstić information content (AvgIpc) is 2.72. The Kier molecular flexibility index (Phi) is 3.23. The number of hydrogen-bond acceptors (Lipinski definition) is 3. The molecule has 0 fully saturated rings. The van der Waals surface area contributed by atoms with E-state index in [-0.39, 0.29) is 0 Å². The molecular weight excluding hydrogens is 216 g/mol. The number of nitrogens with zero attached hydrogens (tertiary/aromatic N) is 2. The molecule has 0 aliphatic carbocycles. The molecular formula is C13H14N2O2. The van der Waals surface area contributed by atoms with E-state index < -0.39 is 0 Å². The highest BCUT2D eigenvalue weighted by molar-refractivity contribution is 5.83. The fourth-order valence-electron chi connectivity index (χ4n) is 1.76. The Morgan fingerprint density at radius 2 is 2.06 bits per heavy atom. The van der Waals surface area contributed by atoms with Crippen LogP contribution in [0.4, 0.5) is 0 Å². The third kappa shape index (κ3) is 2.20. The molecule has 0 amide bonds. The van der Waals surface area contributed by atoms with Gasteiger partial charge < -0.3 is 9.30 Å². The van der Waals surface area contributed by atoms with Gasteiger partial charge in [-0.05, 0) is 31.2 Å². The summed E-state index contributed by atoms with van der Waals surface area (Å²) in [7, 11) is 1.87. The molecule has 1 heterocycles. The monoisotopic (exact) mass is 230 g/mol. The largest absolute Gasteiger partial charge is 0.494 e. The molecule has 0 radical (unpaired) electrons. The second kappa shape index (κ2) is 4.82. The van der Waals surface area contributed by atoms with E-state index in [1.54, 1.807) is 6.33 Å². The molecule has 0 N–H and O–H groups in total. The molecule has 1 aromatic carbocycles. The predicted molar refractivity (Wildman–Crippen MR) is 65.2 cm³/mol. The van der Waals surface area contributed by atoms with Gasteiger partial charge in [-0.25, -0.2) is 4.98 Å². The van der Waals surface area contributed by atoms with Gasteiger partial charge in [0.05, 0.1) is 18.6 Å². The number of aromatic nitrogens is 2. The summed E-state index contributed by atoms with van der Waals surface area (Å²) < 4.78 is 7.21. The van der Waals surface area contributed by atoms with Gasteiger partial charge in [0.25, 0.3) is 0 Å². The fraction of sp³-hybridized carbons (Fsp3) is 0.231. The molecule has 4 nitrogen and oxygen atoms in total. The first-order valence-electron chi connectivity index (χ1n) is 5.46. The van der Waals surface area contributed by atoms with Gasteiger partial charge in [0.2, 0.25) is 0 Å². The van der Waals surface area contributed by atoms with Crippen LogP contribution in [-0.4, -0.2) is 22.4 Å². The van der Waals surface area contributed by atoms with E-state index in [2.05, 4.69) is 4.98 Å². The standard InChI is InChI=1S/C13H14N2O2/c1-3-17-11-6-4-10(5-7-11)13-12(8-16)14-9-15(13)2/h4-9H,3H2,1-2H3. The minimum absolute atomic E-state index is 0.455. The summed E-state index contributed by atoms with van der Waals surface area (Å²) in [5.74, 6) is 0.825. The number of aldehydes is 1. The van der Waals surface area contributed by atoms with E-state index in [4.69, 9.17) is 4.74 Å². The third-order valence-corrected chi connectivity index (χ3v) is 2.52. The highest BCUT2D eigenvalue weighted by atomic mass is 16.5. The Morgan fingerprint density at radius 3 is 2.65 bits per heavy atom. The van der Waals surface area contributed by atoms with E-state index in [9.17, 15) is 4.79 Å². The highest BCUT2D eigenvalue weighted by Gasteiger charge is 2.10. The maximum Gasteiger partial charge on any atom is 0.170 e. The van der Waals surface area contributed by atoms with Crippen LogP contribution in [0.5, 0.6) is 5.75 Å². The van der Waals surface area contributed by atoms with Crippen molar-refractivity contribution in [1.82, 2.24) is 9.55 Å². The van der Waals surface area contributed by atoms with E-state index >= 15 is 0 Å². The van der Waals surface area contributed by atoms with E-state index in [1.165, 1.54) is 0 Å². The second-order valence-corrected chi connectivity index (χ2v) is 3.66. The SMILES string of the molecule is CCOc1ccc(-c2c(C=O)ncn2C)cc1. The summed E-state index contributed by atoms with van der Waals surface area (Å²) in [6.07, 6.45) is 2.40. The van der Waals surface area contributed by atoms with Crippen molar-refractivity contribution in [2.24, 2.45) is 7.05 Å². The zero-order valence-electron chi connectivity index (χ0n) is 9.88. The van der Waals surface area contributed by atoms with Crippen LogP contribution in [0.1, 0.15) is 17.4 Å². The lowest BCUT2D eigenvalue weighted by molar-refractivity contribution is 0.112. The molecule has 0 spiro atoms. The number of carbonyl (C=O) groups is 1. The number of benzene rings is 1. The Morgan fingerprint density at radius 1 is 1.35 bits per heavy atom. The van der Waals surface area contributed by atoms with E-state index in [0.717, 1.165) is 23.3 Å². The predicted octanol–water partition coefficient (Wildman–Crippen LogP) is 2.30. The molecule has 0 saturated carbocycles.